The van der Waals surface area contributed by atoms with Gasteiger partial charge in [-0.05, 0) is 54.6 Å². The third kappa shape index (κ3) is 5.78. The summed E-state index contributed by atoms with van der Waals surface area (Å²) in [7, 11) is 1.16. The molecule has 3 N–H and O–H groups in total. The minimum Gasteiger partial charge on any atom is -0.494 e. The van der Waals surface area contributed by atoms with Crippen molar-refractivity contribution in [1.29, 1.82) is 0 Å². The van der Waals surface area contributed by atoms with E-state index in [1.54, 1.807) is 81.8 Å². The number of carbonyl (C=O) groups excluding carboxylic acids is 1. The second-order valence-electron chi connectivity index (χ2n) is 9.61. The van der Waals surface area contributed by atoms with Crippen molar-refractivity contribution in [2.24, 2.45) is 4.99 Å². The molecule has 0 radical (unpaired) electrons. The molecule has 2 amide bonds. The smallest absolute Gasteiger partial charge is 0.323 e. The summed E-state index contributed by atoms with van der Waals surface area (Å²) < 4.78 is 29.0. The number of para-hydroxylation sites is 1. The molecular formula is C31H29N5O4S. The topological polar surface area (TPSA) is 118 Å². The summed E-state index contributed by atoms with van der Waals surface area (Å²) in [5, 5.41) is 11.5. The molecule has 0 saturated carbocycles. The number of aliphatic imine (C=N–C) groups is 1. The first-order valence-electron chi connectivity index (χ1n) is 12.8. The van der Waals surface area contributed by atoms with Crippen LogP contribution >= 0.6 is 0 Å². The van der Waals surface area contributed by atoms with Gasteiger partial charge < -0.3 is 15.0 Å². The van der Waals surface area contributed by atoms with Gasteiger partial charge in [0.1, 0.15) is 0 Å². The third-order valence-corrected chi connectivity index (χ3v) is 7.90. The summed E-state index contributed by atoms with van der Waals surface area (Å²) in [4.78, 5) is 23.2. The predicted molar refractivity (Wildman–Crippen MR) is 163 cm³/mol. The lowest BCUT2D eigenvalue weighted by molar-refractivity contribution is 0.225. The van der Waals surface area contributed by atoms with E-state index in [4.69, 9.17) is 4.99 Å². The van der Waals surface area contributed by atoms with Crippen LogP contribution in [0, 0.1) is 0 Å². The number of carbonyl (C=O) groups is 1. The predicted octanol–water partition coefficient (Wildman–Crippen LogP) is 5.96. The number of amides is 2. The van der Waals surface area contributed by atoms with Crippen molar-refractivity contribution in [2.45, 2.75) is 4.90 Å². The summed E-state index contributed by atoms with van der Waals surface area (Å²) >= 11 is 0. The number of hydrogen-bond donors (Lipinski definition) is 3. The highest BCUT2D eigenvalue weighted by Gasteiger charge is 2.22. The Hall–Kier alpha value is -5.09. The lowest BCUT2D eigenvalue weighted by Crippen LogP contribution is -2.36. The maximum absolute atomic E-state index is 13.2. The largest absolute Gasteiger partial charge is 0.494 e. The maximum Gasteiger partial charge on any atom is 0.323 e. The van der Waals surface area contributed by atoms with Crippen LogP contribution in [0.15, 0.2) is 113 Å². The molecule has 0 aliphatic heterocycles. The fraction of sp³-hybridized carbons (Fsp3) is 0.0968. The van der Waals surface area contributed by atoms with E-state index < -0.39 is 10.0 Å². The minimum atomic E-state index is -3.91. The Kier molecular flexibility index (Phi) is 7.50. The number of fused-ring (bicyclic) bond motifs is 1. The Morgan fingerprint density at radius 3 is 2.12 bits per heavy atom. The number of hydrogen-bond acceptors (Lipinski definition) is 5. The highest BCUT2D eigenvalue weighted by molar-refractivity contribution is 7.92. The average molecular weight is 568 g/mol. The number of aromatic amines is 1. The fourth-order valence-electron chi connectivity index (χ4n) is 4.44. The highest BCUT2D eigenvalue weighted by atomic mass is 32.2. The number of H-pyrrole nitrogens is 1. The number of aromatic nitrogens is 1. The zero-order valence-electron chi connectivity index (χ0n) is 22.7. The second kappa shape index (κ2) is 11.2. The number of anilines is 2. The molecule has 4 aromatic carbocycles. The molecule has 0 bridgehead atoms. The lowest BCUT2D eigenvalue weighted by Gasteiger charge is -2.21. The molecule has 1 heterocycles. The van der Waals surface area contributed by atoms with Gasteiger partial charge in [-0.15, -0.1) is 0 Å². The van der Waals surface area contributed by atoms with E-state index in [0.717, 1.165) is 5.56 Å². The molecule has 41 heavy (non-hydrogen) atoms. The van der Waals surface area contributed by atoms with Crippen LogP contribution in [-0.4, -0.2) is 56.3 Å². The molecule has 0 fully saturated rings. The number of benzene rings is 4. The van der Waals surface area contributed by atoms with Crippen LogP contribution in [0.3, 0.4) is 0 Å². The van der Waals surface area contributed by atoms with E-state index in [1.165, 1.54) is 21.9 Å². The number of nitrogens with zero attached hydrogens (tertiary/aromatic N) is 3. The van der Waals surface area contributed by atoms with E-state index in [9.17, 15) is 18.3 Å². The summed E-state index contributed by atoms with van der Waals surface area (Å²) in [5.41, 5.74) is 3.82. The van der Waals surface area contributed by atoms with Crippen molar-refractivity contribution in [3.05, 3.63) is 114 Å². The zero-order valence-corrected chi connectivity index (χ0v) is 23.6. The lowest BCUT2D eigenvalue weighted by atomic mass is 10.0. The molecule has 208 valence electrons. The van der Waals surface area contributed by atoms with Crippen molar-refractivity contribution in [3.63, 3.8) is 0 Å². The summed E-state index contributed by atoms with van der Waals surface area (Å²) in [6, 6.07) is 29.6. The SMILES string of the molecule is CN(C)C(=O)N(C)c1ccc(N=C(c2ccccc2)c2c(O)[nH]c3ccc(S(=O)(=O)Nc4ccccc4)cc23)cc1. The minimum absolute atomic E-state index is 0.0412. The van der Waals surface area contributed by atoms with Crippen molar-refractivity contribution in [3.8, 4) is 5.88 Å². The molecule has 0 unspecified atom stereocenters. The molecule has 1 aromatic heterocycles. The van der Waals surface area contributed by atoms with Gasteiger partial charge in [-0.25, -0.2) is 18.2 Å². The van der Waals surface area contributed by atoms with Gasteiger partial charge in [0, 0.05) is 49.0 Å². The zero-order chi connectivity index (χ0) is 29.1. The number of nitrogens with one attached hydrogen (secondary N) is 2. The molecule has 0 atom stereocenters. The molecule has 0 aliphatic carbocycles. The highest BCUT2D eigenvalue weighted by Crippen LogP contribution is 2.33. The first-order valence-corrected chi connectivity index (χ1v) is 14.2. The molecule has 9 nitrogen and oxygen atoms in total. The summed E-state index contributed by atoms with van der Waals surface area (Å²) in [6.45, 7) is 0. The Labute approximate surface area is 238 Å². The van der Waals surface area contributed by atoms with Gasteiger partial charge in [-0.3, -0.25) is 9.62 Å². The maximum atomic E-state index is 13.2. The van der Waals surface area contributed by atoms with E-state index in [0.29, 0.717) is 39.2 Å². The van der Waals surface area contributed by atoms with Gasteiger partial charge >= 0.3 is 6.03 Å². The normalized spacial score (nSPS) is 11.8. The standard InChI is InChI=1S/C31H29N5O4S/c1-35(2)31(38)36(3)24-16-14-22(15-17-24)32-29(21-10-6-4-7-11-21)28-26-20-25(18-19-27(26)33-30(28)37)41(39,40)34-23-12-8-5-9-13-23/h4-20,33-34,37H,1-3H3. The van der Waals surface area contributed by atoms with Crippen molar-refractivity contribution < 1.29 is 18.3 Å². The molecule has 0 aliphatic rings. The van der Waals surface area contributed by atoms with Gasteiger partial charge in [0.15, 0.2) is 5.88 Å². The summed E-state index contributed by atoms with van der Waals surface area (Å²) in [6.07, 6.45) is 0. The van der Waals surface area contributed by atoms with Gasteiger partial charge in [0.2, 0.25) is 0 Å². The molecular weight excluding hydrogens is 538 g/mol. The molecule has 5 rings (SSSR count). The van der Waals surface area contributed by atoms with Gasteiger partial charge in [0.05, 0.1) is 21.9 Å². The van der Waals surface area contributed by atoms with Gasteiger partial charge in [0.25, 0.3) is 10.0 Å². The van der Waals surface area contributed by atoms with E-state index in [1.807, 2.05) is 30.3 Å². The Morgan fingerprint density at radius 2 is 1.49 bits per heavy atom. The number of aromatic hydroxyl groups is 1. The summed E-state index contributed by atoms with van der Waals surface area (Å²) in [5.74, 6) is -0.138. The van der Waals surface area contributed by atoms with Crippen LogP contribution in [0.25, 0.3) is 10.9 Å². The van der Waals surface area contributed by atoms with Crippen LogP contribution in [0.4, 0.5) is 21.9 Å². The molecule has 0 saturated heterocycles. The number of rotatable bonds is 7. The Morgan fingerprint density at radius 1 is 0.854 bits per heavy atom. The average Bonchev–Trinajstić information content (AvgIpc) is 3.30. The fourth-order valence-corrected chi connectivity index (χ4v) is 5.52. The van der Waals surface area contributed by atoms with Crippen LogP contribution in [0.2, 0.25) is 0 Å². The molecule has 0 spiro atoms. The quantitative estimate of drug-likeness (QED) is 0.210. The third-order valence-electron chi connectivity index (χ3n) is 6.52. The van der Waals surface area contributed by atoms with E-state index in [2.05, 4.69) is 9.71 Å². The first kappa shape index (κ1) is 27.5. The van der Waals surface area contributed by atoms with Crippen molar-refractivity contribution in [2.75, 3.05) is 30.8 Å². The van der Waals surface area contributed by atoms with Crippen LogP contribution in [-0.2, 0) is 10.0 Å². The first-order chi connectivity index (χ1) is 19.6. The van der Waals surface area contributed by atoms with Crippen LogP contribution in [0.1, 0.15) is 11.1 Å². The number of urea groups is 1. The molecule has 5 aromatic rings. The van der Waals surface area contributed by atoms with E-state index in [-0.39, 0.29) is 16.8 Å². The van der Waals surface area contributed by atoms with E-state index >= 15 is 0 Å². The molecule has 10 heteroatoms. The van der Waals surface area contributed by atoms with Crippen LogP contribution in [0.5, 0.6) is 5.88 Å². The Balaban J connectivity index is 1.60. The van der Waals surface area contributed by atoms with Gasteiger partial charge in [-0.1, -0.05) is 48.5 Å². The van der Waals surface area contributed by atoms with Crippen molar-refractivity contribution >= 4 is 49.7 Å². The Bertz CT molecular complexity index is 1830. The monoisotopic (exact) mass is 567 g/mol. The second-order valence-corrected chi connectivity index (χ2v) is 11.3. The van der Waals surface area contributed by atoms with Crippen molar-refractivity contribution in [1.82, 2.24) is 9.88 Å². The van der Waals surface area contributed by atoms with Gasteiger partial charge in [-0.2, -0.15) is 0 Å². The number of sulfonamides is 1. The van der Waals surface area contributed by atoms with Crippen LogP contribution < -0.4 is 9.62 Å².